The largest absolute Gasteiger partial charge is 0.486 e. The van der Waals surface area contributed by atoms with Gasteiger partial charge in [0.15, 0.2) is 11.5 Å². The number of aliphatic carboxylic acids is 1. The zero-order valence-electron chi connectivity index (χ0n) is 11.7. The van der Waals surface area contributed by atoms with E-state index in [4.69, 9.17) is 14.6 Å². The van der Waals surface area contributed by atoms with Gasteiger partial charge in [-0.15, -0.1) is 0 Å². The van der Waals surface area contributed by atoms with Crippen LogP contribution in [0, 0.1) is 0 Å². The molecule has 1 heterocycles. The second kappa shape index (κ2) is 6.48. The second-order valence-electron chi connectivity index (χ2n) is 5.19. The summed E-state index contributed by atoms with van der Waals surface area (Å²) in [6.07, 6.45) is 1.54. The highest BCUT2D eigenvalue weighted by atomic mass is 79.9. The fraction of sp³-hybridized carbons (Fsp3) is 0.533. The third kappa shape index (κ3) is 3.26. The minimum atomic E-state index is -0.757. The smallest absolute Gasteiger partial charge is 0.303 e. The van der Waals surface area contributed by atoms with Crippen molar-refractivity contribution in [1.82, 2.24) is 0 Å². The lowest BCUT2D eigenvalue weighted by molar-refractivity contribution is -0.137. The van der Waals surface area contributed by atoms with Crippen LogP contribution >= 0.6 is 15.9 Å². The van der Waals surface area contributed by atoms with E-state index in [1.807, 2.05) is 6.07 Å². The lowest BCUT2D eigenvalue weighted by Crippen LogP contribution is -2.17. The van der Waals surface area contributed by atoms with Crippen LogP contribution in [-0.4, -0.2) is 24.3 Å². The van der Waals surface area contributed by atoms with E-state index in [-0.39, 0.29) is 6.42 Å². The Hall–Kier alpha value is -1.23. The Balaban J connectivity index is 2.33. The van der Waals surface area contributed by atoms with Crippen molar-refractivity contribution < 1.29 is 19.4 Å². The molecule has 2 rings (SSSR count). The molecule has 1 aromatic rings. The van der Waals surface area contributed by atoms with Crippen molar-refractivity contribution in [1.29, 1.82) is 0 Å². The zero-order valence-corrected chi connectivity index (χ0v) is 13.3. The van der Waals surface area contributed by atoms with Crippen LogP contribution in [0.1, 0.15) is 43.7 Å². The van der Waals surface area contributed by atoms with Crippen LogP contribution in [0.15, 0.2) is 10.5 Å². The monoisotopic (exact) mass is 342 g/mol. The first-order chi connectivity index (χ1) is 9.50. The molecule has 20 heavy (non-hydrogen) atoms. The molecule has 0 fully saturated rings. The predicted molar refractivity (Wildman–Crippen MR) is 79.8 cm³/mol. The van der Waals surface area contributed by atoms with E-state index in [2.05, 4.69) is 29.8 Å². The van der Waals surface area contributed by atoms with Crippen LogP contribution in [0.3, 0.4) is 0 Å². The molecule has 0 unspecified atom stereocenters. The summed E-state index contributed by atoms with van der Waals surface area (Å²) >= 11 is 3.62. The molecular formula is C15H19BrO4. The number of fused-ring (bicyclic) bond motifs is 1. The quantitative estimate of drug-likeness (QED) is 0.885. The molecule has 0 spiro atoms. The molecule has 0 radical (unpaired) electrons. The molecule has 0 bridgehead atoms. The molecule has 110 valence electrons. The first-order valence-electron chi connectivity index (χ1n) is 6.83. The standard InChI is InChI=1S/C15H19BrO4/c1-9(2)13-10(4-3-5-12(17)18)8-11-15(14(13)16)20-7-6-19-11/h8-9H,3-7H2,1-2H3,(H,17,18). The summed E-state index contributed by atoms with van der Waals surface area (Å²) < 4.78 is 12.3. The van der Waals surface area contributed by atoms with Crippen molar-refractivity contribution in [2.24, 2.45) is 0 Å². The fourth-order valence-electron chi connectivity index (χ4n) is 2.47. The molecule has 0 amide bonds. The van der Waals surface area contributed by atoms with E-state index >= 15 is 0 Å². The van der Waals surface area contributed by atoms with Crippen molar-refractivity contribution in [2.45, 2.75) is 39.0 Å². The highest BCUT2D eigenvalue weighted by Gasteiger charge is 2.22. The van der Waals surface area contributed by atoms with Gasteiger partial charge in [-0.3, -0.25) is 4.79 Å². The van der Waals surface area contributed by atoms with E-state index in [1.54, 1.807) is 0 Å². The summed E-state index contributed by atoms with van der Waals surface area (Å²) in [6, 6.07) is 2.00. The van der Waals surface area contributed by atoms with Crippen LogP contribution in [-0.2, 0) is 11.2 Å². The Kier molecular flexibility index (Phi) is 4.91. The van der Waals surface area contributed by atoms with Crippen LogP contribution in [0.2, 0.25) is 0 Å². The fourth-order valence-corrected chi connectivity index (χ4v) is 3.49. The van der Waals surface area contributed by atoms with Crippen molar-refractivity contribution in [2.75, 3.05) is 13.2 Å². The molecule has 0 atom stereocenters. The molecule has 1 aromatic carbocycles. The van der Waals surface area contributed by atoms with Gasteiger partial charge in [-0.2, -0.15) is 0 Å². The average molecular weight is 343 g/mol. The summed E-state index contributed by atoms with van der Waals surface area (Å²) in [4.78, 5) is 10.7. The topological polar surface area (TPSA) is 55.8 Å². The maximum Gasteiger partial charge on any atom is 0.303 e. The lowest BCUT2D eigenvalue weighted by atomic mass is 9.93. The molecule has 1 aliphatic heterocycles. The zero-order chi connectivity index (χ0) is 14.7. The van der Waals surface area contributed by atoms with Gasteiger partial charge in [0.2, 0.25) is 0 Å². The Morgan fingerprint density at radius 3 is 2.75 bits per heavy atom. The first kappa shape index (κ1) is 15.2. The summed E-state index contributed by atoms with van der Waals surface area (Å²) in [5.74, 6) is 1.09. The van der Waals surface area contributed by atoms with Gasteiger partial charge in [0.1, 0.15) is 13.2 Å². The number of rotatable bonds is 5. The highest BCUT2D eigenvalue weighted by molar-refractivity contribution is 9.10. The maximum absolute atomic E-state index is 10.7. The second-order valence-corrected chi connectivity index (χ2v) is 5.98. The van der Waals surface area contributed by atoms with Crippen molar-refractivity contribution in [3.05, 3.63) is 21.7 Å². The molecule has 0 saturated heterocycles. The Morgan fingerprint density at radius 2 is 2.10 bits per heavy atom. The normalized spacial score (nSPS) is 13.6. The predicted octanol–water partition coefficient (Wildman–Crippen LogP) is 3.75. The number of aryl methyl sites for hydroxylation is 1. The molecule has 0 aliphatic carbocycles. The Morgan fingerprint density at radius 1 is 1.40 bits per heavy atom. The average Bonchev–Trinajstić information content (AvgIpc) is 2.38. The van der Waals surface area contributed by atoms with E-state index in [1.165, 1.54) is 5.56 Å². The third-order valence-electron chi connectivity index (χ3n) is 3.31. The molecule has 0 saturated carbocycles. The van der Waals surface area contributed by atoms with Crippen molar-refractivity contribution in [3.8, 4) is 11.5 Å². The van der Waals surface area contributed by atoms with Gasteiger partial charge in [0.25, 0.3) is 0 Å². The minimum absolute atomic E-state index is 0.184. The summed E-state index contributed by atoms with van der Waals surface area (Å²) in [5, 5.41) is 8.76. The summed E-state index contributed by atoms with van der Waals surface area (Å²) in [6.45, 7) is 5.35. The number of hydrogen-bond acceptors (Lipinski definition) is 3. The summed E-state index contributed by atoms with van der Waals surface area (Å²) in [7, 11) is 0. The van der Waals surface area contributed by atoms with Crippen LogP contribution in [0.25, 0.3) is 0 Å². The first-order valence-corrected chi connectivity index (χ1v) is 7.62. The van der Waals surface area contributed by atoms with Gasteiger partial charge in [-0.25, -0.2) is 0 Å². The van der Waals surface area contributed by atoms with Gasteiger partial charge in [0, 0.05) is 6.42 Å². The van der Waals surface area contributed by atoms with Gasteiger partial charge in [0.05, 0.1) is 4.47 Å². The van der Waals surface area contributed by atoms with Gasteiger partial charge < -0.3 is 14.6 Å². The van der Waals surface area contributed by atoms with E-state index in [9.17, 15) is 4.79 Å². The number of benzene rings is 1. The molecule has 1 aliphatic rings. The Bertz CT molecular complexity index is 511. The number of halogens is 1. The van der Waals surface area contributed by atoms with Crippen LogP contribution in [0.4, 0.5) is 0 Å². The number of ether oxygens (including phenoxy) is 2. The van der Waals surface area contributed by atoms with Crippen molar-refractivity contribution in [3.63, 3.8) is 0 Å². The van der Waals surface area contributed by atoms with E-state index < -0.39 is 5.97 Å². The van der Waals surface area contributed by atoms with Crippen molar-refractivity contribution >= 4 is 21.9 Å². The van der Waals surface area contributed by atoms with E-state index in [0.29, 0.717) is 25.6 Å². The van der Waals surface area contributed by atoms with Crippen LogP contribution < -0.4 is 9.47 Å². The minimum Gasteiger partial charge on any atom is -0.486 e. The van der Waals surface area contributed by atoms with Crippen LogP contribution in [0.5, 0.6) is 11.5 Å². The number of carboxylic acids is 1. The number of hydrogen-bond donors (Lipinski definition) is 1. The van der Waals surface area contributed by atoms with Gasteiger partial charge >= 0.3 is 5.97 Å². The SMILES string of the molecule is CC(C)c1c(CCCC(=O)O)cc2c(c1Br)OCCO2. The number of carboxylic acid groups (broad SMARTS) is 1. The molecule has 4 nitrogen and oxygen atoms in total. The molecule has 5 heteroatoms. The number of carbonyl (C=O) groups is 1. The summed E-state index contributed by atoms with van der Waals surface area (Å²) in [5.41, 5.74) is 2.32. The van der Waals surface area contributed by atoms with Gasteiger partial charge in [-0.1, -0.05) is 13.8 Å². The Labute approximate surface area is 127 Å². The maximum atomic E-state index is 10.7. The van der Waals surface area contributed by atoms with Gasteiger partial charge in [-0.05, 0) is 51.9 Å². The molecule has 1 N–H and O–H groups in total. The van der Waals surface area contributed by atoms with E-state index in [0.717, 1.165) is 28.0 Å². The highest BCUT2D eigenvalue weighted by Crippen LogP contribution is 2.44. The molecular weight excluding hydrogens is 324 g/mol. The lowest BCUT2D eigenvalue weighted by Gasteiger charge is -2.24. The third-order valence-corrected chi connectivity index (χ3v) is 4.10. The molecule has 0 aromatic heterocycles.